The van der Waals surface area contributed by atoms with E-state index >= 15 is 0 Å². The Balaban J connectivity index is 1.37. The van der Waals surface area contributed by atoms with Gasteiger partial charge in [-0.3, -0.25) is 9.59 Å². The Morgan fingerprint density at radius 3 is 2.35 bits per heavy atom. The first-order chi connectivity index (χ1) is 23.0. The van der Waals surface area contributed by atoms with E-state index in [1.165, 1.54) is 36.0 Å². The van der Waals surface area contributed by atoms with Crippen molar-refractivity contribution in [1.82, 2.24) is 19.4 Å². The quantitative estimate of drug-likeness (QED) is 0.0788. The third-order valence-electron chi connectivity index (χ3n) is 8.40. The van der Waals surface area contributed by atoms with E-state index in [0.717, 1.165) is 48.5 Å². The molecule has 4 aromatic rings. The van der Waals surface area contributed by atoms with Crippen LogP contribution in [0.2, 0.25) is 0 Å². The van der Waals surface area contributed by atoms with Crippen LogP contribution in [-0.4, -0.2) is 51.4 Å². The minimum absolute atomic E-state index is 0.00135. The molecule has 48 heavy (non-hydrogen) atoms. The molecule has 0 saturated heterocycles. The molecule has 0 bridgehead atoms. The Bertz CT molecular complexity index is 1760. The number of aromatic nitrogens is 2. The summed E-state index contributed by atoms with van der Waals surface area (Å²) in [4.78, 5) is 35.5. The van der Waals surface area contributed by atoms with Gasteiger partial charge in [0.25, 0.3) is 5.56 Å². The number of ether oxygens (including phenoxy) is 1. The zero-order chi connectivity index (χ0) is 34.3. The fourth-order valence-corrected chi connectivity index (χ4v) is 6.66. The van der Waals surface area contributed by atoms with Crippen LogP contribution in [0, 0.1) is 5.82 Å². The molecule has 0 N–H and O–H groups in total. The number of alkyl halides is 3. The molecule has 1 heterocycles. The molecule has 12 heteroatoms. The van der Waals surface area contributed by atoms with Crippen LogP contribution in [0.1, 0.15) is 48.2 Å². The summed E-state index contributed by atoms with van der Waals surface area (Å²) >= 11 is 1.35. The van der Waals surface area contributed by atoms with Crippen LogP contribution in [0.5, 0.6) is 11.5 Å². The fourth-order valence-electron chi connectivity index (χ4n) is 5.69. The third kappa shape index (κ3) is 9.04. The van der Waals surface area contributed by atoms with E-state index in [1.54, 1.807) is 35.2 Å². The van der Waals surface area contributed by atoms with E-state index < -0.39 is 11.7 Å². The maximum Gasteiger partial charge on any atom is 0.416 e. The van der Waals surface area contributed by atoms with Gasteiger partial charge >= 0.3 is 6.18 Å². The standard InChI is InChI=1S/C36H38F4N4O3S/c1-3-42(4-2)19-20-43(22-26-7-5-8-30(21-26)47-29-17-13-27(14-18-29)36(38,39)40)33(45)23-44-32-10-6-9-31(32)34(46)41-35(44)48-24-25-11-15-28(37)16-12-25/h5,7-8,11-18,21H,3-4,6,9-10,19-20,22-24H2,1-2H3. The van der Waals surface area contributed by atoms with Gasteiger partial charge in [0.2, 0.25) is 5.91 Å². The number of likely N-dealkylation sites (N-methyl/N-ethyl adjacent to an activating group) is 1. The van der Waals surface area contributed by atoms with Crippen LogP contribution in [0.3, 0.4) is 0 Å². The number of nitrogens with zero attached hydrogens (tertiary/aromatic N) is 4. The van der Waals surface area contributed by atoms with Gasteiger partial charge in [-0.2, -0.15) is 18.2 Å². The highest BCUT2D eigenvalue weighted by atomic mass is 32.2. The Kier molecular flexibility index (Phi) is 11.6. The summed E-state index contributed by atoms with van der Waals surface area (Å²) in [6, 6.07) is 17.8. The van der Waals surface area contributed by atoms with Crippen molar-refractivity contribution in [2.24, 2.45) is 0 Å². The summed E-state index contributed by atoms with van der Waals surface area (Å²) in [6.45, 7) is 7.19. The zero-order valence-electron chi connectivity index (χ0n) is 26.9. The van der Waals surface area contributed by atoms with Crippen molar-refractivity contribution in [3.05, 3.63) is 117 Å². The van der Waals surface area contributed by atoms with Gasteiger partial charge in [0, 0.05) is 36.6 Å². The molecular formula is C36H38F4N4O3S. The topological polar surface area (TPSA) is 67.7 Å². The van der Waals surface area contributed by atoms with Crippen molar-refractivity contribution < 1.29 is 27.1 Å². The number of fused-ring (bicyclic) bond motifs is 1. The van der Waals surface area contributed by atoms with Gasteiger partial charge in [-0.15, -0.1) is 0 Å². The first-order valence-electron chi connectivity index (χ1n) is 16.0. The maximum atomic E-state index is 14.2. The van der Waals surface area contributed by atoms with Crippen molar-refractivity contribution in [1.29, 1.82) is 0 Å². The normalized spacial score (nSPS) is 12.7. The van der Waals surface area contributed by atoms with Crippen molar-refractivity contribution >= 4 is 17.7 Å². The van der Waals surface area contributed by atoms with E-state index in [4.69, 9.17) is 4.74 Å². The lowest BCUT2D eigenvalue weighted by molar-refractivity contribution is -0.137. The van der Waals surface area contributed by atoms with Gasteiger partial charge < -0.3 is 19.1 Å². The number of thioether (sulfide) groups is 1. The molecule has 1 aliphatic rings. The molecule has 7 nitrogen and oxygen atoms in total. The first kappa shape index (κ1) is 35.2. The number of hydrogen-bond donors (Lipinski definition) is 0. The van der Waals surface area contributed by atoms with Crippen LogP contribution in [-0.2, 0) is 42.7 Å². The lowest BCUT2D eigenvalue weighted by Gasteiger charge is -2.28. The number of rotatable bonds is 14. The number of halogens is 4. The minimum Gasteiger partial charge on any atom is -0.457 e. The zero-order valence-corrected chi connectivity index (χ0v) is 27.7. The molecule has 0 atom stereocenters. The summed E-state index contributed by atoms with van der Waals surface area (Å²) in [5.41, 5.74) is 2.12. The van der Waals surface area contributed by atoms with E-state index in [2.05, 4.69) is 23.7 Å². The van der Waals surface area contributed by atoms with Crippen LogP contribution in [0.25, 0.3) is 0 Å². The molecule has 3 aromatic carbocycles. The Morgan fingerprint density at radius 1 is 0.938 bits per heavy atom. The van der Waals surface area contributed by atoms with E-state index in [9.17, 15) is 27.2 Å². The second-order valence-corrected chi connectivity index (χ2v) is 12.5. The van der Waals surface area contributed by atoms with Crippen LogP contribution < -0.4 is 10.3 Å². The molecule has 5 rings (SSSR count). The Hall–Kier alpha value is -4.16. The van der Waals surface area contributed by atoms with Crippen LogP contribution in [0.15, 0.2) is 82.7 Å². The summed E-state index contributed by atoms with van der Waals surface area (Å²) in [5, 5.41) is 0.453. The predicted octanol–water partition coefficient (Wildman–Crippen LogP) is 7.35. The second-order valence-electron chi connectivity index (χ2n) is 11.6. The van der Waals surface area contributed by atoms with Gasteiger partial charge in [-0.05, 0) is 92.0 Å². The molecule has 0 aliphatic heterocycles. The molecule has 0 unspecified atom stereocenters. The Morgan fingerprint density at radius 2 is 1.67 bits per heavy atom. The molecule has 1 aliphatic carbocycles. The molecule has 0 spiro atoms. The minimum atomic E-state index is -4.44. The highest BCUT2D eigenvalue weighted by Crippen LogP contribution is 2.32. The van der Waals surface area contributed by atoms with E-state index in [-0.39, 0.29) is 36.1 Å². The van der Waals surface area contributed by atoms with Crippen molar-refractivity contribution in [2.45, 2.75) is 63.3 Å². The average molecular weight is 683 g/mol. The highest BCUT2D eigenvalue weighted by Gasteiger charge is 2.30. The SMILES string of the molecule is CCN(CC)CCN(Cc1cccc(Oc2ccc(C(F)(F)F)cc2)c1)C(=O)Cn1c(SCc2ccc(F)cc2)nc(=O)c2c1CCC2. The van der Waals surface area contributed by atoms with Crippen molar-refractivity contribution in [3.8, 4) is 11.5 Å². The fraction of sp³-hybridized carbons (Fsp3) is 0.361. The molecule has 0 radical (unpaired) electrons. The predicted molar refractivity (Wildman–Crippen MR) is 178 cm³/mol. The molecular weight excluding hydrogens is 644 g/mol. The summed E-state index contributed by atoms with van der Waals surface area (Å²) in [6.07, 6.45) is -2.33. The largest absolute Gasteiger partial charge is 0.457 e. The molecule has 1 amide bonds. The van der Waals surface area contributed by atoms with Gasteiger partial charge in [-0.1, -0.05) is 49.9 Å². The Labute approximate surface area is 281 Å². The van der Waals surface area contributed by atoms with Crippen LogP contribution in [0.4, 0.5) is 17.6 Å². The number of carbonyl (C=O) groups excluding carboxylic acids is 1. The lowest BCUT2D eigenvalue weighted by atomic mass is 10.2. The number of carbonyl (C=O) groups is 1. The average Bonchev–Trinajstić information content (AvgIpc) is 3.57. The third-order valence-corrected chi connectivity index (χ3v) is 9.45. The maximum absolute atomic E-state index is 14.2. The van der Waals surface area contributed by atoms with Gasteiger partial charge in [0.15, 0.2) is 5.16 Å². The number of hydrogen-bond acceptors (Lipinski definition) is 6. The van der Waals surface area contributed by atoms with Gasteiger partial charge in [-0.25, -0.2) is 4.39 Å². The van der Waals surface area contributed by atoms with E-state index in [1.807, 2.05) is 10.6 Å². The summed E-state index contributed by atoms with van der Waals surface area (Å²) < 4.78 is 60.2. The number of amides is 1. The summed E-state index contributed by atoms with van der Waals surface area (Å²) in [7, 11) is 0. The van der Waals surface area contributed by atoms with Gasteiger partial charge in [0.05, 0.1) is 5.56 Å². The molecule has 254 valence electrons. The van der Waals surface area contributed by atoms with E-state index in [0.29, 0.717) is 48.2 Å². The lowest BCUT2D eigenvalue weighted by Crippen LogP contribution is -2.40. The first-order valence-corrected chi connectivity index (χ1v) is 17.0. The molecule has 0 saturated carbocycles. The highest BCUT2D eigenvalue weighted by molar-refractivity contribution is 7.98. The van der Waals surface area contributed by atoms with Crippen LogP contribution >= 0.6 is 11.8 Å². The smallest absolute Gasteiger partial charge is 0.416 e. The monoisotopic (exact) mass is 682 g/mol. The van der Waals surface area contributed by atoms with Gasteiger partial charge in [0.1, 0.15) is 23.9 Å². The molecule has 1 aromatic heterocycles. The van der Waals surface area contributed by atoms with Crippen molar-refractivity contribution in [3.63, 3.8) is 0 Å². The summed E-state index contributed by atoms with van der Waals surface area (Å²) in [5.74, 6) is 0.685. The number of benzene rings is 3. The van der Waals surface area contributed by atoms with Crippen molar-refractivity contribution in [2.75, 3.05) is 26.2 Å². The molecule has 0 fully saturated rings. The second kappa shape index (κ2) is 15.8.